The van der Waals surface area contributed by atoms with E-state index in [0.29, 0.717) is 41.8 Å². The Morgan fingerprint density at radius 2 is 2.07 bits per heavy atom. The number of fused-ring (bicyclic) bond motifs is 1. The number of esters is 1. The molecule has 0 atom stereocenters. The number of benzene rings is 1. The minimum absolute atomic E-state index is 0.212. The van der Waals surface area contributed by atoms with Gasteiger partial charge >= 0.3 is 5.97 Å². The first-order valence-corrected chi connectivity index (χ1v) is 9.89. The lowest BCUT2D eigenvalue weighted by atomic mass is 10.2. The summed E-state index contributed by atoms with van der Waals surface area (Å²) in [6.07, 6.45) is 8.62. The summed E-state index contributed by atoms with van der Waals surface area (Å²) >= 11 is 6.24. The van der Waals surface area contributed by atoms with Gasteiger partial charge in [0, 0.05) is 24.7 Å². The van der Waals surface area contributed by atoms with E-state index in [2.05, 4.69) is 6.08 Å². The Bertz CT molecular complexity index is 802. The van der Waals surface area contributed by atoms with Gasteiger partial charge in [-0.25, -0.2) is 4.79 Å². The zero-order valence-electron chi connectivity index (χ0n) is 15.9. The van der Waals surface area contributed by atoms with Crippen molar-refractivity contribution in [2.45, 2.75) is 32.6 Å². The second-order valence-electron chi connectivity index (χ2n) is 6.55. The third-order valence-electron chi connectivity index (χ3n) is 4.56. The molecule has 1 aromatic rings. The number of amides is 1. The molecule has 7 heteroatoms. The highest BCUT2D eigenvalue weighted by molar-refractivity contribution is 6.32. The smallest absolute Gasteiger partial charge is 0.331 e. The monoisotopic (exact) mass is 405 g/mol. The molecule has 1 amide bonds. The van der Waals surface area contributed by atoms with Crippen LogP contribution in [0.15, 0.2) is 30.0 Å². The summed E-state index contributed by atoms with van der Waals surface area (Å²) in [5, 5.41) is 0.422. The summed E-state index contributed by atoms with van der Waals surface area (Å²) in [6, 6.07) is 3.45. The van der Waals surface area contributed by atoms with Crippen molar-refractivity contribution in [3.63, 3.8) is 0 Å². The van der Waals surface area contributed by atoms with Gasteiger partial charge in [-0.1, -0.05) is 17.7 Å². The highest BCUT2D eigenvalue weighted by atomic mass is 35.5. The van der Waals surface area contributed by atoms with E-state index in [-0.39, 0.29) is 12.5 Å². The van der Waals surface area contributed by atoms with Gasteiger partial charge in [-0.05, 0) is 50.0 Å². The van der Waals surface area contributed by atoms with E-state index in [1.54, 1.807) is 23.1 Å². The highest BCUT2D eigenvalue weighted by Gasteiger charge is 2.19. The van der Waals surface area contributed by atoms with Crippen molar-refractivity contribution in [1.82, 2.24) is 4.90 Å². The molecule has 0 radical (unpaired) electrons. The van der Waals surface area contributed by atoms with Gasteiger partial charge in [0.2, 0.25) is 0 Å². The fourth-order valence-corrected chi connectivity index (χ4v) is 3.48. The summed E-state index contributed by atoms with van der Waals surface area (Å²) in [6.45, 7) is 3.29. The Hall–Kier alpha value is -2.47. The van der Waals surface area contributed by atoms with E-state index in [1.807, 2.05) is 6.92 Å². The molecule has 0 spiro atoms. The molecule has 0 aromatic heterocycles. The molecule has 0 N–H and O–H groups in total. The first kappa shape index (κ1) is 20.3. The SMILES string of the molecule is CCN(C(=O)COC(=O)/C=C/c1cc(Cl)c2c(c1)OCCCO2)C1=CCCC1. The van der Waals surface area contributed by atoms with Crippen molar-refractivity contribution in [3.05, 3.63) is 40.6 Å². The maximum absolute atomic E-state index is 12.3. The van der Waals surface area contributed by atoms with E-state index in [1.165, 1.54) is 6.08 Å². The average Bonchev–Trinajstić information content (AvgIpc) is 3.10. The molecular formula is C21H24ClNO5. The van der Waals surface area contributed by atoms with E-state index in [9.17, 15) is 9.59 Å². The van der Waals surface area contributed by atoms with Crippen LogP contribution in [-0.2, 0) is 14.3 Å². The van der Waals surface area contributed by atoms with Gasteiger partial charge in [-0.3, -0.25) is 4.79 Å². The molecule has 150 valence electrons. The topological polar surface area (TPSA) is 65.1 Å². The molecule has 0 saturated heterocycles. The van der Waals surface area contributed by atoms with Gasteiger partial charge in [-0.2, -0.15) is 0 Å². The highest BCUT2D eigenvalue weighted by Crippen LogP contribution is 2.38. The van der Waals surface area contributed by atoms with Gasteiger partial charge in [-0.15, -0.1) is 0 Å². The number of carbonyl (C=O) groups is 2. The van der Waals surface area contributed by atoms with Crippen LogP contribution in [0.25, 0.3) is 6.08 Å². The number of hydrogen-bond donors (Lipinski definition) is 0. The Morgan fingerprint density at radius 3 is 2.82 bits per heavy atom. The minimum Gasteiger partial charge on any atom is -0.489 e. The Morgan fingerprint density at radius 1 is 1.25 bits per heavy atom. The minimum atomic E-state index is -0.590. The van der Waals surface area contributed by atoms with Crippen molar-refractivity contribution >= 4 is 29.6 Å². The maximum atomic E-state index is 12.3. The molecule has 0 fully saturated rings. The molecule has 1 aliphatic carbocycles. The van der Waals surface area contributed by atoms with E-state index < -0.39 is 5.97 Å². The first-order valence-electron chi connectivity index (χ1n) is 9.52. The van der Waals surface area contributed by atoms with Crippen LogP contribution >= 0.6 is 11.6 Å². The van der Waals surface area contributed by atoms with Crippen LogP contribution in [0.1, 0.15) is 38.2 Å². The standard InChI is InChI=1S/C21H24ClNO5/c1-2-23(16-6-3-4-7-16)19(24)14-28-20(25)9-8-15-12-17(22)21-18(13-15)26-10-5-11-27-21/h6,8-9,12-13H,2-5,7,10-11,14H2,1H3/b9-8+. The lowest BCUT2D eigenvalue weighted by Gasteiger charge is -2.21. The van der Waals surface area contributed by atoms with Gasteiger partial charge in [0.1, 0.15) is 0 Å². The van der Waals surface area contributed by atoms with Crippen LogP contribution in [0.5, 0.6) is 11.5 Å². The van der Waals surface area contributed by atoms with Gasteiger partial charge < -0.3 is 19.1 Å². The van der Waals surface area contributed by atoms with Crippen LogP contribution in [0.4, 0.5) is 0 Å². The molecule has 0 unspecified atom stereocenters. The summed E-state index contributed by atoms with van der Waals surface area (Å²) in [5.41, 5.74) is 1.70. The fraction of sp³-hybridized carbons (Fsp3) is 0.429. The van der Waals surface area contributed by atoms with Crippen molar-refractivity contribution in [2.75, 3.05) is 26.4 Å². The normalized spacial score (nSPS) is 15.9. The second-order valence-corrected chi connectivity index (χ2v) is 6.95. The lowest BCUT2D eigenvalue weighted by Crippen LogP contribution is -2.33. The number of rotatable bonds is 6. The average molecular weight is 406 g/mol. The number of carbonyl (C=O) groups excluding carboxylic acids is 2. The zero-order chi connectivity index (χ0) is 19.9. The Balaban J connectivity index is 1.57. The van der Waals surface area contributed by atoms with Crippen LogP contribution < -0.4 is 9.47 Å². The molecule has 3 rings (SSSR count). The molecule has 1 aromatic carbocycles. The van der Waals surface area contributed by atoms with Gasteiger partial charge in [0.25, 0.3) is 5.91 Å². The predicted octanol–water partition coefficient (Wildman–Crippen LogP) is 3.97. The third-order valence-corrected chi connectivity index (χ3v) is 4.84. The van der Waals surface area contributed by atoms with E-state index in [4.69, 9.17) is 25.8 Å². The number of halogens is 1. The molecule has 6 nitrogen and oxygen atoms in total. The molecule has 28 heavy (non-hydrogen) atoms. The Kier molecular flexibility index (Phi) is 6.98. The summed E-state index contributed by atoms with van der Waals surface area (Å²) in [7, 11) is 0. The number of ether oxygens (including phenoxy) is 3. The van der Waals surface area contributed by atoms with E-state index >= 15 is 0 Å². The van der Waals surface area contributed by atoms with Crippen molar-refractivity contribution in [3.8, 4) is 11.5 Å². The van der Waals surface area contributed by atoms with Crippen molar-refractivity contribution in [1.29, 1.82) is 0 Å². The number of likely N-dealkylation sites (N-methyl/N-ethyl adjacent to an activating group) is 1. The second kappa shape index (κ2) is 9.64. The Labute approximate surface area is 169 Å². The van der Waals surface area contributed by atoms with Crippen LogP contribution in [0, 0.1) is 0 Å². The van der Waals surface area contributed by atoms with E-state index in [0.717, 1.165) is 31.4 Å². The molecule has 0 bridgehead atoms. The predicted molar refractivity (Wildman–Crippen MR) is 106 cm³/mol. The molecule has 1 aliphatic heterocycles. The zero-order valence-corrected chi connectivity index (χ0v) is 16.7. The molecule has 0 saturated carbocycles. The van der Waals surface area contributed by atoms with Crippen molar-refractivity contribution in [2.24, 2.45) is 0 Å². The molecule has 2 aliphatic rings. The lowest BCUT2D eigenvalue weighted by molar-refractivity contribution is -0.147. The van der Waals surface area contributed by atoms with Gasteiger partial charge in [0.15, 0.2) is 18.1 Å². The van der Waals surface area contributed by atoms with Crippen LogP contribution in [-0.4, -0.2) is 43.1 Å². The van der Waals surface area contributed by atoms with Crippen LogP contribution in [0.2, 0.25) is 5.02 Å². The van der Waals surface area contributed by atoms with Crippen molar-refractivity contribution < 1.29 is 23.8 Å². The van der Waals surface area contributed by atoms with Gasteiger partial charge in [0.05, 0.1) is 18.2 Å². The number of hydrogen-bond acceptors (Lipinski definition) is 5. The summed E-state index contributed by atoms with van der Waals surface area (Å²) in [4.78, 5) is 26.0. The first-order chi connectivity index (χ1) is 13.6. The summed E-state index contributed by atoms with van der Waals surface area (Å²) < 4.78 is 16.3. The number of nitrogens with zero attached hydrogens (tertiary/aromatic N) is 1. The molecular weight excluding hydrogens is 382 g/mol. The van der Waals surface area contributed by atoms with Crippen LogP contribution in [0.3, 0.4) is 0 Å². The molecule has 1 heterocycles. The summed E-state index contributed by atoms with van der Waals surface area (Å²) in [5.74, 6) is 0.269. The quantitative estimate of drug-likeness (QED) is 0.529. The fourth-order valence-electron chi connectivity index (χ4n) is 3.21. The third kappa shape index (κ3) is 5.07. The maximum Gasteiger partial charge on any atom is 0.331 e. The largest absolute Gasteiger partial charge is 0.489 e. The number of allylic oxidation sites excluding steroid dienone is 2.